The van der Waals surface area contributed by atoms with Gasteiger partial charge in [0.15, 0.2) is 5.78 Å². The minimum Gasteiger partial charge on any atom is -0.304 e. The molecule has 0 spiro atoms. The first-order valence-corrected chi connectivity index (χ1v) is 10.5. The number of nitrogens with zero attached hydrogens (tertiary/aromatic N) is 2. The number of piperazine rings is 1. The number of carbonyl (C=O) groups is 1. The van der Waals surface area contributed by atoms with Gasteiger partial charge in [0.1, 0.15) is 0 Å². The van der Waals surface area contributed by atoms with Crippen molar-refractivity contribution in [1.82, 2.24) is 9.21 Å². The molecular formula is C15H25BrN2O3S. The maximum absolute atomic E-state index is 12.9. The van der Waals surface area contributed by atoms with E-state index >= 15 is 0 Å². The molecule has 0 unspecified atom stereocenters. The number of likely N-dealkylation sites (N-methyl/N-ethyl adjacent to an activating group) is 1. The molecule has 0 aromatic carbocycles. The van der Waals surface area contributed by atoms with Crippen LogP contribution in [0, 0.1) is 16.7 Å². The van der Waals surface area contributed by atoms with Crippen molar-refractivity contribution >= 4 is 31.7 Å². The van der Waals surface area contributed by atoms with Gasteiger partial charge in [-0.3, -0.25) is 4.79 Å². The first-order chi connectivity index (χ1) is 10.1. The third-order valence-electron chi connectivity index (χ3n) is 6.52. The largest absolute Gasteiger partial charge is 0.304 e. The van der Waals surface area contributed by atoms with Crippen LogP contribution >= 0.6 is 15.9 Å². The molecule has 2 aliphatic carbocycles. The van der Waals surface area contributed by atoms with Crippen molar-refractivity contribution in [2.45, 2.75) is 31.5 Å². The summed E-state index contributed by atoms with van der Waals surface area (Å²) in [6.45, 7) is 6.64. The molecule has 0 aromatic heterocycles. The highest BCUT2D eigenvalue weighted by molar-refractivity contribution is 9.10. The number of halogens is 1. The Morgan fingerprint density at radius 2 is 1.82 bits per heavy atom. The fraction of sp³-hybridized carbons (Fsp3) is 0.933. The van der Waals surface area contributed by atoms with Crippen molar-refractivity contribution in [3.8, 4) is 0 Å². The van der Waals surface area contributed by atoms with Crippen LogP contribution in [-0.4, -0.2) is 67.2 Å². The maximum Gasteiger partial charge on any atom is 0.214 e. The lowest BCUT2D eigenvalue weighted by atomic mass is 9.70. The zero-order valence-electron chi connectivity index (χ0n) is 13.5. The van der Waals surface area contributed by atoms with Gasteiger partial charge in [-0.1, -0.05) is 29.8 Å². The van der Waals surface area contributed by atoms with Crippen LogP contribution < -0.4 is 0 Å². The monoisotopic (exact) mass is 392 g/mol. The molecule has 3 aliphatic rings. The van der Waals surface area contributed by atoms with E-state index in [4.69, 9.17) is 0 Å². The summed E-state index contributed by atoms with van der Waals surface area (Å²) >= 11 is 3.52. The normalized spacial score (nSPS) is 43.9. The maximum atomic E-state index is 12.9. The molecule has 2 saturated carbocycles. The fourth-order valence-electron chi connectivity index (χ4n) is 4.62. The Kier molecular flexibility index (Phi) is 4.03. The van der Waals surface area contributed by atoms with E-state index < -0.39 is 20.9 Å². The Labute approximate surface area is 141 Å². The number of hydrogen-bond donors (Lipinski definition) is 0. The van der Waals surface area contributed by atoms with Gasteiger partial charge in [-0.15, -0.1) is 0 Å². The van der Waals surface area contributed by atoms with Gasteiger partial charge in [0, 0.05) is 31.6 Å². The Morgan fingerprint density at radius 1 is 1.23 bits per heavy atom. The Morgan fingerprint density at radius 3 is 2.32 bits per heavy atom. The lowest BCUT2D eigenvalue weighted by Crippen LogP contribution is -2.51. The molecule has 3 fully saturated rings. The van der Waals surface area contributed by atoms with Crippen LogP contribution in [0.2, 0.25) is 0 Å². The molecule has 4 atom stereocenters. The molecule has 0 aromatic rings. The number of rotatable bonds is 3. The van der Waals surface area contributed by atoms with Crippen LogP contribution in [0.4, 0.5) is 0 Å². The van der Waals surface area contributed by atoms with E-state index in [1.54, 1.807) is 4.31 Å². The molecule has 1 aliphatic heterocycles. The molecule has 0 radical (unpaired) electrons. The Hall–Kier alpha value is 0.0200. The minimum absolute atomic E-state index is 0.0960. The van der Waals surface area contributed by atoms with E-state index in [-0.39, 0.29) is 22.3 Å². The molecule has 0 amide bonds. The van der Waals surface area contributed by atoms with Crippen molar-refractivity contribution in [2.24, 2.45) is 16.7 Å². The topological polar surface area (TPSA) is 57.7 Å². The van der Waals surface area contributed by atoms with Crippen LogP contribution in [0.1, 0.15) is 26.7 Å². The highest BCUT2D eigenvalue weighted by Crippen LogP contribution is 2.65. The summed E-state index contributed by atoms with van der Waals surface area (Å²) in [5, 5.41) is 0. The first kappa shape index (κ1) is 16.9. The summed E-state index contributed by atoms with van der Waals surface area (Å²) in [4.78, 5) is 14.5. The van der Waals surface area contributed by atoms with Gasteiger partial charge in [-0.25, -0.2) is 8.42 Å². The summed E-state index contributed by atoms with van der Waals surface area (Å²) in [6.07, 6.45) is 1.75. The number of alkyl halides is 1. The zero-order valence-corrected chi connectivity index (χ0v) is 15.9. The second-order valence-electron chi connectivity index (χ2n) is 7.62. The van der Waals surface area contributed by atoms with Crippen LogP contribution in [0.25, 0.3) is 0 Å². The molecule has 22 heavy (non-hydrogen) atoms. The molecule has 7 heteroatoms. The number of carbonyl (C=O) groups excluding carboxylic acids is 1. The number of ketones is 1. The van der Waals surface area contributed by atoms with E-state index in [2.05, 4.69) is 20.8 Å². The van der Waals surface area contributed by atoms with Gasteiger partial charge in [-0.05, 0) is 31.2 Å². The Bertz CT molecular complexity index is 588. The summed E-state index contributed by atoms with van der Waals surface area (Å²) in [5.74, 6) is 0.422. The quantitative estimate of drug-likeness (QED) is 0.679. The van der Waals surface area contributed by atoms with E-state index in [1.807, 2.05) is 20.9 Å². The fourth-order valence-corrected chi connectivity index (χ4v) is 8.17. The van der Waals surface area contributed by atoms with Crippen molar-refractivity contribution in [3.63, 3.8) is 0 Å². The summed E-state index contributed by atoms with van der Waals surface area (Å²) in [7, 11) is -1.31. The molecule has 5 nitrogen and oxygen atoms in total. The number of Topliss-reactive ketones (excluding diaryl/α,β-unsaturated/α-hetero) is 1. The average molecular weight is 393 g/mol. The number of sulfonamides is 1. The number of fused-ring (bicyclic) bond motifs is 2. The van der Waals surface area contributed by atoms with Crippen molar-refractivity contribution < 1.29 is 13.2 Å². The first-order valence-electron chi connectivity index (χ1n) is 7.97. The number of hydrogen-bond acceptors (Lipinski definition) is 4. The summed E-state index contributed by atoms with van der Waals surface area (Å²) < 4.78 is 27.4. The lowest BCUT2D eigenvalue weighted by Gasteiger charge is -2.39. The van der Waals surface area contributed by atoms with Gasteiger partial charge in [0.2, 0.25) is 10.0 Å². The van der Waals surface area contributed by atoms with Crippen LogP contribution in [0.5, 0.6) is 0 Å². The third kappa shape index (κ3) is 2.23. The summed E-state index contributed by atoms with van der Waals surface area (Å²) in [5.41, 5.74) is -0.966. The van der Waals surface area contributed by atoms with Crippen molar-refractivity contribution in [2.75, 3.05) is 39.0 Å². The second-order valence-corrected chi connectivity index (χ2v) is 10.6. The van der Waals surface area contributed by atoms with E-state index in [0.29, 0.717) is 13.1 Å². The van der Waals surface area contributed by atoms with Crippen molar-refractivity contribution in [3.05, 3.63) is 0 Å². The molecule has 2 bridgehead atoms. The molecule has 0 N–H and O–H groups in total. The van der Waals surface area contributed by atoms with E-state index in [1.165, 1.54) is 0 Å². The zero-order chi connectivity index (χ0) is 16.3. The minimum atomic E-state index is -3.33. The Balaban J connectivity index is 1.85. The van der Waals surface area contributed by atoms with Gasteiger partial charge in [0.25, 0.3) is 0 Å². The van der Waals surface area contributed by atoms with Gasteiger partial charge in [0.05, 0.1) is 10.6 Å². The predicted octanol–water partition coefficient (Wildman–Crippen LogP) is 1.33. The van der Waals surface area contributed by atoms with Crippen LogP contribution in [-0.2, 0) is 14.8 Å². The van der Waals surface area contributed by atoms with Crippen LogP contribution in [0.15, 0.2) is 0 Å². The molecule has 3 rings (SSSR count). The highest BCUT2D eigenvalue weighted by atomic mass is 79.9. The average Bonchev–Trinajstić information content (AvgIpc) is 2.75. The summed E-state index contributed by atoms with van der Waals surface area (Å²) in [6, 6.07) is 0. The van der Waals surface area contributed by atoms with E-state index in [0.717, 1.165) is 25.9 Å². The molecular weight excluding hydrogens is 368 g/mol. The van der Waals surface area contributed by atoms with E-state index in [9.17, 15) is 13.2 Å². The second kappa shape index (κ2) is 5.26. The van der Waals surface area contributed by atoms with Gasteiger partial charge >= 0.3 is 0 Å². The smallest absolute Gasteiger partial charge is 0.214 e. The highest BCUT2D eigenvalue weighted by Gasteiger charge is 2.68. The molecule has 1 saturated heterocycles. The lowest BCUT2D eigenvalue weighted by molar-refractivity contribution is -0.127. The molecule has 1 heterocycles. The van der Waals surface area contributed by atoms with Gasteiger partial charge in [-0.2, -0.15) is 4.31 Å². The SMILES string of the molecule is CN1CCN(S(=O)(=O)C[C@]2(C)[C@H]3CC[C@]2(C)C(=O)[C@H]3Br)CC1. The van der Waals surface area contributed by atoms with Gasteiger partial charge < -0.3 is 4.90 Å². The van der Waals surface area contributed by atoms with Crippen LogP contribution in [0.3, 0.4) is 0 Å². The molecule has 126 valence electrons. The van der Waals surface area contributed by atoms with Crippen molar-refractivity contribution in [1.29, 1.82) is 0 Å². The predicted molar refractivity (Wildman–Crippen MR) is 89.5 cm³/mol. The third-order valence-corrected chi connectivity index (χ3v) is 9.69. The standard InChI is InChI=1S/C15H25BrN2O3S/c1-14-5-4-11(12(16)13(14)19)15(14,2)10-22(20,21)18-8-6-17(3)7-9-18/h11-12H,4-10H2,1-3H3/t11-,12-,14+,15+/m0/s1.